The molecule has 0 aliphatic heterocycles. The van der Waals surface area contributed by atoms with E-state index in [0.29, 0.717) is 6.07 Å². The minimum absolute atomic E-state index is 0.0161. The number of hydrogen-bond donors (Lipinski definition) is 1. The van der Waals surface area contributed by atoms with Crippen LogP contribution in [-0.2, 0) is 10.0 Å². The van der Waals surface area contributed by atoms with Gasteiger partial charge in [-0.3, -0.25) is 0 Å². The van der Waals surface area contributed by atoms with Gasteiger partial charge in [0.1, 0.15) is 11.6 Å². The highest BCUT2D eigenvalue weighted by atomic mass is 79.9. The van der Waals surface area contributed by atoms with Crippen molar-refractivity contribution in [3.05, 3.63) is 64.1 Å². The normalized spacial score (nSPS) is 11.8. The van der Waals surface area contributed by atoms with Gasteiger partial charge < -0.3 is 0 Å². The van der Waals surface area contributed by atoms with Crippen LogP contribution in [0.25, 0.3) is 0 Å². The Kier molecular flexibility index (Phi) is 4.69. The average molecular weight is 375 g/mol. The van der Waals surface area contributed by atoms with Crippen LogP contribution in [0.3, 0.4) is 0 Å². The summed E-state index contributed by atoms with van der Waals surface area (Å²) in [5.74, 6) is -1.55. The predicted molar refractivity (Wildman–Crippen MR) is 78.4 cm³/mol. The van der Waals surface area contributed by atoms with E-state index < -0.39 is 21.7 Å². The van der Waals surface area contributed by atoms with Crippen molar-refractivity contribution >= 4 is 32.2 Å². The first-order valence-electron chi connectivity index (χ1n) is 5.64. The lowest BCUT2D eigenvalue weighted by molar-refractivity contribution is 0.580. The first-order valence-corrected chi connectivity index (χ1v) is 7.91. The average Bonchev–Trinajstić information content (AvgIpc) is 2.41. The minimum atomic E-state index is -3.83. The van der Waals surface area contributed by atoms with Gasteiger partial charge in [-0.2, -0.15) is 13.5 Å². The van der Waals surface area contributed by atoms with E-state index in [9.17, 15) is 17.2 Å². The number of nitrogens with zero attached hydrogens (tertiary/aromatic N) is 1. The van der Waals surface area contributed by atoms with Crippen LogP contribution < -0.4 is 4.83 Å². The Morgan fingerprint density at radius 2 is 1.76 bits per heavy atom. The predicted octanol–water partition coefficient (Wildman–Crippen LogP) is 3.04. The zero-order valence-corrected chi connectivity index (χ0v) is 12.8. The van der Waals surface area contributed by atoms with Crippen molar-refractivity contribution < 1.29 is 17.2 Å². The van der Waals surface area contributed by atoms with Crippen molar-refractivity contribution in [2.24, 2.45) is 5.10 Å². The van der Waals surface area contributed by atoms with E-state index in [1.807, 2.05) is 4.83 Å². The third kappa shape index (κ3) is 4.08. The SMILES string of the molecule is O=S(=O)(NN=Cc1ccc(F)cc1F)c1ccc(Br)cc1. The van der Waals surface area contributed by atoms with Crippen molar-refractivity contribution in [2.45, 2.75) is 4.90 Å². The summed E-state index contributed by atoms with van der Waals surface area (Å²) in [7, 11) is -3.83. The summed E-state index contributed by atoms with van der Waals surface area (Å²) in [5, 5.41) is 3.47. The number of sulfonamides is 1. The highest BCUT2D eigenvalue weighted by Gasteiger charge is 2.12. The van der Waals surface area contributed by atoms with E-state index >= 15 is 0 Å². The molecule has 1 N–H and O–H groups in total. The lowest BCUT2D eigenvalue weighted by atomic mass is 10.2. The van der Waals surface area contributed by atoms with Crippen LogP contribution in [0.4, 0.5) is 8.78 Å². The maximum atomic E-state index is 13.3. The lowest BCUT2D eigenvalue weighted by Gasteiger charge is -2.03. The second kappa shape index (κ2) is 6.31. The Morgan fingerprint density at radius 3 is 2.38 bits per heavy atom. The molecule has 0 radical (unpaired) electrons. The third-order valence-electron chi connectivity index (χ3n) is 2.46. The van der Waals surface area contributed by atoms with Gasteiger partial charge in [-0.1, -0.05) is 15.9 Å². The molecular formula is C13H9BrF2N2O2S. The van der Waals surface area contributed by atoms with Gasteiger partial charge in [0, 0.05) is 16.1 Å². The zero-order chi connectivity index (χ0) is 15.5. The molecule has 0 spiro atoms. The number of hydrogen-bond acceptors (Lipinski definition) is 3. The molecule has 0 aromatic heterocycles. The molecule has 2 aromatic rings. The van der Waals surface area contributed by atoms with Crippen LogP contribution >= 0.6 is 15.9 Å². The topological polar surface area (TPSA) is 58.5 Å². The molecule has 4 nitrogen and oxygen atoms in total. The van der Waals surface area contributed by atoms with Crippen LogP contribution in [0.5, 0.6) is 0 Å². The van der Waals surface area contributed by atoms with Gasteiger partial charge in [-0.15, -0.1) is 0 Å². The molecule has 0 heterocycles. The molecule has 2 rings (SSSR count). The Hall–Kier alpha value is -1.80. The van der Waals surface area contributed by atoms with Crippen LogP contribution in [-0.4, -0.2) is 14.6 Å². The molecule has 0 amide bonds. The Balaban J connectivity index is 2.14. The standard InChI is InChI=1S/C13H9BrF2N2O2S/c14-10-2-5-12(6-3-10)21(19,20)18-17-8-9-1-4-11(15)7-13(9)16/h1-8,18H. The van der Waals surface area contributed by atoms with Gasteiger partial charge in [0.05, 0.1) is 11.1 Å². The van der Waals surface area contributed by atoms with Crippen molar-refractivity contribution in [2.75, 3.05) is 0 Å². The quantitative estimate of drug-likeness (QED) is 0.660. The smallest absolute Gasteiger partial charge is 0.207 e. The van der Waals surface area contributed by atoms with Crippen molar-refractivity contribution in [3.8, 4) is 0 Å². The molecule has 0 fully saturated rings. The van der Waals surface area contributed by atoms with Crippen molar-refractivity contribution in [1.29, 1.82) is 0 Å². The van der Waals surface area contributed by atoms with Crippen molar-refractivity contribution in [1.82, 2.24) is 4.83 Å². The summed E-state index contributed by atoms with van der Waals surface area (Å²) in [4.78, 5) is 1.97. The zero-order valence-electron chi connectivity index (χ0n) is 10.4. The van der Waals surface area contributed by atoms with Gasteiger partial charge >= 0.3 is 0 Å². The van der Waals surface area contributed by atoms with Gasteiger partial charge in [-0.05, 0) is 36.4 Å². The second-order valence-electron chi connectivity index (χ2n) is 3.97. The fraction of sp³-hybridized carbons (Fsp3) is 0. The molecule has 0 atom stereocenters. The monoisotopic (exact) mass is 374 g/mol. The van der Waals surface area contributed by atoms with Crippen LogP contribution in [0.1, 0.15) is 5.56 Å². The number of hydrazone groups is 1. The molecule has 110 valence electrons. The molecule has 0 aliphatic rings. The van der Waals surface area contributed by atoms with Gasteiger partial charge in [0.15, 0.2) is 0 Å². The molecular weight excluding hydrogens is 366 g/mol. The maximum absolute atomic E-state index is 13.3. The molecule has 0 saturated carbocycles. The van der Waals surface area contributed by atoms with Gasteiger partial charge in [0.2, 0.25) is 0 Å². The summed E-state index contributed by atoms with van der Waals surface area (Å²) in [6.45, 7) is 0. The fourth-order valence-electron chi connectivity index (χ4n) is 1.44. The summed E-state index contributed by atoms with van der Waals surface area (Å²) in [5.41, 5.74) is -0.0325. The Bertz CT molecular complexity index is 777. The van der Waals surface area contributed by atoms with Crippen LogP contribution in [0, 0.1) is 11.6 Å². The largest absolute Gasteiger partial charge is 0.276 e. The van der Waals surface area contributed by atoms with Gasteiger partial charge in [0.25, 0.3) is 10.0 Å². The summed E-state index contributed by atoms with van der Waals surface area (Å²) in [6, 6.07) is 8.80. The van der Waals surface area contributed by atoms with E-state index in [1.165, 1.54) is 12.1 Å². The summed E-state index contributed by atoms with van der Waals surface area (Å²) >= 11 is 3.19. The second-order valence-corrected chi connectivity index (χ2v) is 6.55. The minimum Gasteiger partial charge on any atom is -0.207 e. The number of rotatable bonds is 4. The molecule has 2 aromatic carbocycles. The van der Waals surface area contributed by atoms with Crippen molar-refractivity contribution in [3.63, 3.8) is 0 Å². The van der Waals surface area contributed by atoms with E-state index in [2.05, 4.69) is 21.0 Å². The molecule has 0 aliphatic carbocycles. The fourth-order valence-corrected chi connectivity index (χ4v) is 2.49. The Morgan fingerprint density at radius 1 is 1.10 bits per heavy atom. The van der Waals surface area contributed by atoms with Crippen LogP contribution in [0.15, 0.2) is 56.9 Å². The van der Waals surface area contributed by atoms with E-state index in [1.54, 1.807) is 12.1 Å². The van der Waals surface area contributed by atoms with E-state index in [0.717, 1.165) is 22.8 Å². The molecule has 0 unspecified atom stereocenters. The highest BCUT2D eigenvalue weighted by Crippen LogP contribution is 2.14. The van der Waals surface area contributed by atoms with Gasteiger partial charge in [-0.25, -0.2) is 13.6 Å². The van der Waals surface area contributed by atoms with E-state index in [-0.39, 0.29) is 10.5 Å². The third-order valence-corrected chi connectivity index (χ3v) is 4.23. The maximum Gasteiger partial charge on any atom is 0.276 e. The highest BCUT2D eigenvalue weighted by molar-refractivity contribution is 9.10. The summed E-state index contributed by atoms with van der Waals surface area (Å²) in [6.07, 6.45) is 0.963. The lowest BCUT2D eigenvalue weighted by Crippen LogP contribution is -2.18. The number of benzene rings is 2. The first-order chi connectivity index (χ1) is 9.88. The number of nitrogens with one attached hydrogen (secondary N) is 1. The van der Waals surface area contributed by atoms with E-state index in [4.69, 9.17) is 0 Å². The molecule has 0 saturated heterocycles. The Labute approximate surface area is 128 Å². The molecule has 0 bridgehead atoms. The first kappa shape index (κ1) is 15.6. The molecule has 8 heteroatoms. The summed E-state index contributed by atoms with van der Waals surface area (Å²) < 4.78 is 50.5. The molecule has 21 heavy (non-hydrogen) atoms. The van der Waals surface area contributed by atoms with Crippen LogP contribution in [0.2, 0.25) is 0 Å². The number of halogens is 3.